The van der Waals surface area contributed by atoms with E-state index < -0.39 is 23.9 Å². The van der Waals surface area contributed by atoms with Gasteiger partial charge in [0.05, 0.1) is 18.4 Å². The van der Waals surface area contributed by atoms with Crippen molar-refractivity contribution in [3.8, 4) is 11.5 Å². The topological polar surface area (TPSA) is 76.1 Å². The molecule has 1 aliphatic rings. The molecule has 0 saturated carbocycles. The number of carbonyl (C=O) groups excluding carboxylic acids is 2. The van der Waals surface area contributed by atoms with Gasteiger partial charge < -0.3 is 14.6 Å². The number of hydrogen-bond acceptors (Lipinski definition) is 5. The van der Waals surface area contributed by atoms with E-state index in [1.54, 1.807) is 6.07 Å². The number of fused-ring (bicyclic) bond motifs is 1. The van der Waals surface area contributed by atoms with Crippen LogP contribution in [0.25, 0.3) is 11.3 Å². The third-order valence-corrected chi connectivity index (χ3v) is 3.98. The predicted molar refractivity (Wildman–Crippen MR) is 93.2 cm³/mol. The quantitative estimate of drug-likeness (QED) is 0.636. The average Bonchev–Trinajstić information content (AvgIpc) is 2.86. The van der Waals surface area contributed by atoms with E-state index in [1.165, 1.54) is 31.4 Å². The Morgan fingerprint density at radius 3 is 2.43 bits per heavy atom. The fourth-order valence-corrected chi connectivity index (χ4v) is 2.99. The van der Waals surface area contributed by atoms with Crippen molar-refractivity contribution < 1.29 is 37.3 Å². The molecule has 2 aromatic rings. The first-order chi connectivity index (χ1) is 13.1. The summed E-state index contributed by atoms with van der Waals surface area (Å²) in [6.07, 6.45) is -4.92. The Balaban J connectivity index is 2.26. The number of benzene rings is 2. The molecule has 0 aromatic heterocycles. The van der Waals surface area contributed by atoms with Crippen LogP contribution in [0.5, 0.6) is 11.5 Å². The normalized spacial score (nSPS) is 15.3. The minimum absolute atomic E-state index is 0.00458. The van der Waals surface area contributed by atoms with Crippen LogP contribution < -0.4 is 9.64 Å². The average molecular weight is 393 g/mol. The number of carbonyl (C=O) groups is 2. The third-order valence-electron chi connectivity index (χ3n) is 3.98. The van der Waals surface area contributed by atoms with Crippen molar-refractivity contribution in [2.24, 2.45) is 0 Å². The molecule has 0 fully saturated rings. The van der Waals surface area contributed by atoms with Crippen LogP contribution in [0.3, 0.4) is 0 Å². The SMILES string of the molecule is CO/C(=C1\C(=O)N(C(C)=O)c2ccc(OC(F)(F)F)cc21)c1cccc(O)c1. The maximum Gasteiger partial charge on any atom is 0.573 e. The van der Waals surface area contributed by atoms with Gasteiger partial charge in [0, 0.05) is 18.1 Å². The fourth-order valence-electron chi connectivity index (χ4n) is 2.99. The molecule has 0 radical (unpaired) electrons. The largest absolute Gasteiger partial charge is 0.573 e. The van der Waals surface area contributed by atoms with Crippen molar-refractivity contribution in [2.75, 3.05) is 12.0 Å². The van der Waals surface area contributed by atoms with E-state index in [0.717, 1.165) is 24.0 Å². The maximum absolute atomic E-state index is 12.9. The Morgan fingerprint density at radius 2 is 1.86 bits per heavy atom. The van der Waals surface area contributed by atoms with E-state index in [0.29, 0.717) is 5.56 Å². The van der Waals surface area contributed by atoms with Crippen molar-refractivity contribution in [2.45, 2.75) is 13.3 Å². The Kier molecular flexibility index (Phi) is 4.76. The van der Waals surface area contributed by atoms with E-state index in [-0.39, 0.29) is 28.3 Å². The van der Waals surface area contributed by atoms with E-state index in [1.807, 2.05) is 0 Å². The van der Waals surface area contributed by atoms with Crippen molar-refractivity contribution in [1.82, 2.24) is 0 Å². The van der Waals surface area contributed by atoms with Gasteiger partial charge in [0.1, 0.15) is 17.3 Å². The molecule has 28 heavy (non-hydrogen) atoms. The molecule has 0 atom stereocenters. The van der Waals surface area contributed by atoms with Crippen molar-refractivity contribution in [3.63, 3.8) is 0 Å². The third kappa shape index (κ3) is 3.51. The second-order valence-corrected chi connectivity index (χ2v) is 5.84. The van der Waals surface area contributed by atoms with Gasteiger partial charge in [-0.15, -0.1) is 13.2 Å². The predicted octanol–water partition coefficient (Wildman–Crippen LogP) is 3.70. The lowest BCUT2D eigenvalue weighted by Gasteiger charge is -2.13. The van der Waals surface area contributed by atoms with E-state index in [4.69, 9.17) is 4.74 Å². The highest BCUT2D eigenvalue weighted by Gasteiger charge is 2.39. The van der Waals surface area contributed by atoms with E-state index >= 15 is 0 Å². The summed E-state index contributed by atoms with van der Waals surface area (Å²) in [5.41, 5.74) is 0.342. The van der Waals surface area contributed by atoms with Crippen LogP contribution in [-0.4, -0.2) is 30.4 Å². The molecular weight excluding hydrogens is 379 g/mol. The van der Waals surface area contributed by atoms with Gasteiger partial charge in [0.2, 0.25) is 5.91 Å². The van der Waals surface area contributed by atoms with Crippen LogP contribution in [-0.2, 0) is 14.3 Å². The molecule has 0 bridgehead atoms. The first-order valence-electron chi connectivity index (χ1n) is 7.95. The molecule has 1 aliphatic heterocycles. The zero-order valence-electron chi connectivity index (χ0n) is 14.7. The van der Waals surface area contributed by atoms with Gasteiger partial charge in [0.25, 0.3) is 5.91 Å². The first-order valence-corrected chi connectivity index (χ1v) is 7.95. The molecular formula is C19H14F3NO5. The highest BCUT2D eigenvalue weighted by molar-refractivity contribution is 6.42. The molecule has 3 rings (SSSR count). The van der Waals surface area contributed by atoms with Crippen LogP contribution in [0.4, 0.5) is 18.9 Å². The summed E-state index contributed by atoms with van der Waals surface area (Å²) >= 11 is 0. The number of amides is 2. The number of aromatic hydroxyl groups is 1. The summed E-state index contributed by atoms with van der Waals surface area (Å²) < 4.78 is 47.0. The smallest absolute Gasteiger partial charge is 0.508 e. The molecule has 0 spiro atoms. The van der Waals surface area contributed by atoms with Crippen LogP contribution in [0.2, 0.25) is 0 Å². The number of hydrogen-bond donors (Lipinski definition) is 1. The van der Waals surface area contributed by atoms with Crippen LogP contribution in [0.15, 0.2) is 42.5 Å². The number of rotatable bonds is 3. The highest BCUT2D eigenvalue weighted by atomic mass is 19.4. The molecule has 146 valence electrons. The van der Waals surface area contributed by atoms with Crippen molar-refractivity contribution >= 4 is 28.8 Å². The molecule has 9 heteroatoms. The molecule has 1 heterocycles. The first kappa shape index (κ1) is 19.3. The summed E-state index contributed by atoms with van der Waals surface area (Å²) in [6, 6.07) is 9.01. The lowest BCUT2D eigenvalue weighted by Crippen LogP contribution is -2.31. The lowest BCUT2D eigenvalue weighted by atomic mass is 10.0. The van der Waals surface area contributed by atoms with E-state index in [2.05, 4.69) is 4.74 Å². The number of halogens is 3. The number of methoxy groups -OCH3 is 1. The van der Waals surface area contributed by atoms with Crippen LogP contribution >= 0.6 is 0 Å². The maximum atomic E-state index is 12.9. The zero-order chi connectivity index (χ0) is 20.6. The number of imide groups is 1. The highest BCUT2D eigenvalue weighted by Crippen LogP contribution is 2.43. The van der Waals surface area contributed by atoms with Gasteiger partial charge in [0.15, 0.2) is 0 Å². The summed E-state index contributed by atoms with van der Waals surface area (Å²) in [4.78, 5) is 25.7. The summed E-state index contributed by atoms with van der Waals surface area (Å²) in [7, 11) is 1.27. The Hall–Kier alpha value is -3.49. The molecule has 0 aliphatic carbocycles. The van der Waals surface area contributed by atoms with Gasteiger partial charge in [-0.05, 0) is 30.3 Å². The molecule has 0 unspecified atom stereocenters. The summed E-state index contributed by atoms with van der Waals surface area (Å²) in [5, 5.41) is 9.70. The Bertz CT molecular complexity index is 997. The molecule has 2 aromatic carbocycles. The molecule has 1 N–H and O–H groups in total. The van der Waals surface area contributed by atoms with Gasteiger partial charge >= 0.3 is 6.36 Å². The van der Waals surface area contributed by atoms with E-state index in [9.17, 15) is 27.9 Å². The number of phenolic OH excluding ortho intramolecular Hbond substituents is 1. The molecule has 0 saturated heterocycles. The zero-order valence-corrected chi connectivity index (χ0v) is 14.7. The summed E-state index contributed by atoms with van der Waals surface area (Å²) in [6.45, 7) is 1.16. The van der Waals surface area contributed by atoms with Crippen molar-refractivity contribution in [1.29, 1.82) is 0 Å². The number of phenols is 1. The number of nitrogens with zero attached hydrogens (tertiary/aromatic N) is 1. The minimum Gasteiger partial charge on any atom is -0.508 e. The second kappa shape index (κ2) is 6.91. The van der Waals surface area contributed by atoms with Gasteiger partial charge in [-0.2, -0.15) is 0 Å². The Labute approximate surface area is 157 Å². The standard InChI is InChI=1S/C19H14F3NO5/c1-10(24)23-15-7-6-13(28-19(20,21)22)9-14(15)16(18(23)26)17(27-2)11-4-3-5-12(25)8-11/h3-9,25H,1-2H3/b17-16-. The fraction of sp³-hybridized carbons (Fsp3) is 0.158. The number of anilines is 1. The van der Waals surface area contributed by atoms with Gasteiger partial charge in [-0.1, -0.05) is 12.1 Å². The van der Waals surface area contributed by atoms with Crippen LogP contribution in [0, 0.1) is 0 Å². The number of alkyl halides is 3. The van der Waals surface area contributed by atoms with Crippen LogP contribution in [0.1, 0.15) is 18.1 Å². The Morgan fingerprint density at radius 1 is 1.14 bits per heavy atom. The van der Waals surface area contributed by atoms with Gasteiger partial charge in [-0.3, -0.25) is 9.59 Å². The minimum atomic E-state index is -4.92. The molecule has 2 amide bonds. The molecule has 6 nitrogen and oxygen atoms in total. The second-order valence-electron chi connectivity index (χ2n) is 5.84. The number of ether oxygens (including phenoxy) is 2. The van der Waals surface area contributed by atoms with Crippen molar-refractivity contribution in [3.05, 3.63) is 53.6 Å². The summed E-state index contributed by atoms with van der Waals surface area (Å²) in [5.74, 6) is -2.02. The monoisotopic (exact) mass is 393 g/mol. The van der Waals surface area contributed by atoms with Gasteiger partial charge in [-0.25, -0.2) is 4.90 Å². The lowest BCUT2D eigenvalue weighted by molar-refractivity contribution is -0.274.